The van der Waals surface area contributed by atoms with Gasteiger partial charge in [-0.15, -0.1) is 12.4 Å². The van der Waals surface area contributed by atoms with Gasteiger partial charge in [0.25, 0.3) is 0 Å². The minimum Gasteiger partial charge on any atom is -0.336 e. The van der Waals surface area contributed by atoms with Gasteiger partial charge in [0.2, 0.25) is 11.8 Å². The number of benzene rings is 1. The lowest BCUT2D eigenvalue weighted by molar-refractivity contribution is -0.138. The van der Waals surface area contributed by atoms with Crippen LogP contribution in [0.3, 0.4) is 0 Å². The highest BCUT2D eigenvalue weighted by Gasteiger charge is 2.30. The average molecular weight is 326 g/mol. The Morgan fingerprint density at radius 2 is 1.91 bits per heavy atom. The van der Waals surface area contributed by atoms with E-state index in [4.69, 9.17) is 0 Å². The number of nitrogens with one attached hydrogen (secondary N) is 2. The Balaban J connectivity index is 0.00000242. The maximum absolute atomic E-state index is 12.2. The minimum atomic E-state index is -0.173. The molecule has 1 aromatic rings. The van der Waals surface area contributed by atoms with Crippen LogP contribution in [0.15, 0.2) is 24.3 Å². The van der Waals surface area contributed by atoms with Gasteiger partial charge in [0, 0.05) is 18.7 Å². The van der Waals surface area contributed by atoms with Crippen molar-refractivity contribution < 1.29 is 9.59 Å². The summed E-state index contributed by atoms with van der Waals surface area (Å²) >= 11 is 0. The summed E-state index contributed by atoms with van der Waals surface area (Å²) in [7, 11) is 1.68. The van der Waals surface area contributed by atoms with Gasteiger partial charge in [-0.3, -0.25) is 9.59 Å². The van der Waals surface area contributed by atoms with Crippen molar-refractivity contribution >= 4 is 29.9 Å². The normalized spacial score (nSPS) is 15.2. The lowest BCUT2D eigenvalue weighted by Gasteiger charge is -2.33. The lowest BCUT2D eigenvalue weighted by atomic mass is 9.88. The van der Waals surface area contributed by atoms with Crippen LogP contribution in [0, 0.1) is 18.8 Å². The third-order valence-corrected chi connectivity index (χ3v) is 4.00. The van der Waals surface area contributed by atoms with Crippen LogP contribution < -0.4 is 10.6 Å². The fourth-order valence-electron chi connectivity index (χ4n) is 2.34. The average Bonchev–Trinajstić information content (AvgIpc) is 2.38. The number of rotatable bonds is 5. The summed E-state index contributed by atoms with van der Waals surface area (Å²) in [6.07, 6.45) is 0. The maximum atomic E-state index is 12.2. The topological polar surface area (TPSA) is 61.4 Å². The first-order valence-electron chi connectivity index (χ1n) is 7.29. The molecule has 0 radical (unpaired) electrons. The first kappa shape index (κ1) is 18.5. The second kappa shape index (κ2) is 8.15. The van der Waals surface area contributed by atoms with Crippen LogP contribution in [0.5, 0.6) is 0 Å². The van der Waals surface area contributed by atoms with Crippen molar-refractivity contribution in [3.63, 3.8) is 0 Å². The molecular weight excluding hydrogens is 302 g/mol. The van der Waals surface area contributed by atoms with Crippen LogP contribution in [-0.4, -0.2) is 43.4 Å². The zero-order valence-corrected chi connectivity index (χ0v) is 14.1. The number of halogens is 1. The van der Waals surface area contributed by atoms with Gasteiger partial charge in [-0.05, 0) is 38.1 Å². The molecule has 1 fully saturated rings. The largest absolute Gasteiger partial charge is 0.336 e. The van der Waals surface area contributed by atoms with Crippen LogP contribution in [0.25, 0.3) is 0 Å². The van der Waals surface area contributed by atoms with Crippen molar-refractivity contribution in [1.29, 1.82) is 0 Å². The number of aryl methyl sites for hydroxylation is 1. The van der Waals surface area contributed by atoms with Gasteiger partial charge in [-0.25, -0.2) is 0 Å². The number of nitrogens with zero attached hydrogens (tertiary/aromatic N) is 1. The summed E-state index contributed by atoms with van der Waals surface area (Å²) in [4.78, 5) is 25.7. The highest BCUT2D eigenvalue weighted by atomic mass is 35.5. The van der Waals surface area contributed by atoms with Gasteiger partial charge in [-0.2, -0.15) is 0 Å². The molecule has 1 atom stereocenters. The van der Waals surface area contributed by atoms with Crippen molar-refractivity contribution in [2.75, 3.05) is 32.0 Å². The third kappa shape index (κ3) is 4.71. The summed E-state index contributed by atoms with van der Waals surface area (Å²) in [5, 5.41) is 5.97. The molecule has 1 unspecified atom stereocenters. The van der Waals surface area contributed by atoms with E-state index in [0.29, 0.717) is 5.92 Å². The van der Waals surface area contributed by atoms with Crippen molar-refractivity contribution in [3.05, 3.63) is 29.8 Å². The number of likely N-dealkylation sites (N-methyl/N-ethyl adjacent to an activating group) is 1. The standard InChI is InChI=1S/C16H23N3O2.ClH/c1-11-4-6-14(7-5-11)18-15(20)10-19(3)16(21)12(2)13-8-17-9-13;/h4-7,12-13,17H,8-10H2,1-3H3,(H,18,20);1H. The Bertz CT molecular complexity index is 515. The molecule has 0 bridgehead atoms. The molecule has 2 N–H and O–H groups in total. The van der Waals surface area contributed by atoms with E-state index in [0.717, 1.165) is 24.3 Å². The summed E-state index contributed by atoms with van der Waals surface area (Å²) in [5.74, 6) is 0.206. The first-order valence-corrected chi connectivity index (χ1v) is 7.29. The molecule has 1 aliphatic rings. The number of anilines is 1. The van der Waals surface area contributed by atoms with E-state index >= 15 is 0 Å². The van der Waals surface area contributed by atoms with Gasteiger partial charge >= 0.3 is 0 Å². The predicted octanol–water partition coefficient (Wildman–Crippen LogP) is 1.67. The molecule has 1 aromatic carbocycles. The van der Waals surface area contributed by atoms with Crippen molar-refractivity contribution in [1.82, 2.24) is 10.2 Å². The SMILES string of the molecule is Cc1ccc(NC(=O)CN(C)C(=O)C(C)C2CNC2)cc1.Cl. The van der Waals surface area contributed by atoms with E-state index < -0.39 is 0 Å². The highest BCUT2D eigenvalue weighted by molar-refractivity contribution is 5.94. The van der Waals surface area contributed by atoms with Gasteiger partial charge in [0.1, 0.15) is 0 Å². The molecule has 0 saturated carbocycles. The van der Waals surface area contributed by atoms with E-state index in [1.807, 2.05) is 38.1 Å². The molecule has 6 heteroatoms. The van der Waals surface area contributed by atoms with E-state index in [9.17, 15) is 9.59 Å². The fraction of sp³-hybridized carbons (Fsp3) is 0.500. The van der Waals surface area contributed by atoms with Crippen LogP contribution in [-0.2, 0) is 9.59 Å². The number of carbonyl (C=O) groups is 2. The van der Waals surface area contributed by atoms with E-state index in [2.05, 4.69) is 10.6 Å². The summed E-state index contributed by atoms with van der Waals surface area (Å²) in [6.45, 7) is 5.78. The van der Waals surface area contributed by atoms with Gasteiger partial charge in [0.05, 0.1) is 6.54 Å². The minimum absolute atomic E-state index is 0. The Morgan fingerprint density at radius 3 is 2.41 bits per heavy atom. The van der Waals surface area contributed by atoms with Gasteiger partial charge in [-0.1, -0.05) is 24.6 Å². The van der Waals surface area contributed by atoms with Gasteiger partial charge < -0.3 is 15.5 Å². The highest BCUT2D eigenvalue weighted by Crippen LogP contribution is 2.18. The fourth-order valence-corrected chi connectivity index (χ4v) is 2.34. The molecule has 5 nitrogen and oxygen atoms in total. The molecule has 1 aliphatic heterocycles. The lowest BCUT2D eigenvalue weighted by Crippen LogP contribution is -2.50. The van der Waals surface area contributed by atoms with Crippen molar-refractivity contribution in [2.45, 2.75) is 13.8 Å². The Hall–Kier alpha value is -1.59. The molecule has 1 saturated heterocycles. The van der Waals surface area contributed by atoms with Crippen molar-refractivity contribution in [3.8, 4) is 0 Å². The number of hydrogen-bond donors (Lipinski definition) is 2. The Kier molecular flexibility index (Phi) is 6.84. The number of amides is 2. The molecule has 22 heavy (non-hydrogen) atoms. The molecule has 0 spiro atoms. The van der Waals surface area contributed by atoms with E-state index in [-0.39, 0.29) is 36.7 Å². The zero-order chi connectivity index (χ0) is 15.4. The second-order valence-corrected chi connectivity index (χ2v) is 5.82. The predicted molar refractivity (Wildman–Crippen MR) is 90.2 cm³/mol. The molecule has 122 valence electrons. The van der Waals surface area contributed by atoms with E-state index in [1.54, 1.807) is 7.05 Å². The van der Waals surface area contributed by atoms with Crippen LogP contribution in [0.2, 0.25) is 0 Å². The Labute approximate surface area is 137 Å². The van der Waals surface area contributed by atoms with Crippen LogP contribution in [0.4, 0.5) is 5.69 Å². The Morgan fingerprint density at radius 1 is 1.32 bits per heavy atom. The molecule has 0 aliphatic carbocycles. The van der Waals surface area contributed by atoms with E-state index in [1.165, 1.54) is 4.90 Å². The summed E-state index contributed by atoms with van der Waals surface area (Å²) in [6, 6.07) is 7.60. The monoisotopic (exact) mass is 325 g/mol. The maximum Gasteiger partial charge on any atom is 0.243 e. The van der Waals surface area contributed by atoms with Crippen LogP contribution >= 0.6 is 12.4 Å². The first-order chi connectivity index (χ1) is 9.97. The zero-order valence-electron chi connectivity index (χ0n) is 13.3. The third-order valence-electron chi connectivity index (χ3n) is 4.00. The molecule has 2 rings (SSSR count). The smallest absolute Gasteiger partial charge is 0.243 e. The molecule has 1 heterocycles. The molecule has 0 aromatic heterocycles. The summed E-state index contributed by atoms with van der Waals surface area (Å²) in [5.41, 5.74) is 1.89. The quantitative estimate of drug-likeness (QED) is 0.865. The summed E-state index contributed by atoms with van der Waals surface area (Å²) < 4.78 is 0. The van der Waals surface area contributed by atoms with Crippen molar-refractivity contribution in [2.24, 2.45) is 11.8 Å². The second-order valence-electron chi connectivity index (χ2n) is 5.82. The van der Waals surface area contributed by atoms with Gasteiger partial charge in [0.15, 0.2) is 0 Å². The number of hydrogen-bond acceptors (Lipinski definition) is 3. The number of carbonyl (C=O) groups excluding carboxylic acids is 2. The molecule has 2 amide bonds. The molecular formula is C16H24ClN3O2. The van der Waals surface area contributed by atoms with Crippen LogP contribution in [0.1, 0.15) is 12.5 Å².